The Hall–Kier alpha value is -1.36. The summed E-state index contributed by atoms with van der Waals surface area (Å²) < 4.78 is 10.7. The van der Waals surface area contributed by atoms with E-state index in [0.717, 1.165) is 32.1 Å². The van der Waals surface area contributed by atoms with E-state index in [1.165, 1.54) is 32.1 Å². The lowest BCUT2D eigenvalue weighted by Crippen LogP contribution is -2.33. The number of aliphatic hydroxyl groups excluding tert-OH is 1. The molecule has 0 saturated carbocycles. The van der Waals surface area contributed by atoms with Gasteiger partial charge in [-0.15, -0.1) is 0 Å². The van der Waals surface area contributed by atoms with E-state index >= 15 is 0 Å². The molecule has 2 fully saturated rings. The third-order valence-corrected chi connectivity index (χ3v) is 5.41. The molecule has 0 aromatic carbocycles. The van der Waals surface area contributed by atoms with E-state index < -0.39 is 5.97 Å². The maximum absolute atomic E-state index is 12.4. The maximum Gasteiger partial charge on any atom is 0.345 e. The lowest BCUT2D eigenvalue weighted by atomic mass is 9.91. The normalized spacial score (nSPS) is 23.8. The average molecular weight is 366 g/mol. The molecule has 1 N–H and O–H groups in total. The van der Waals surface area contributed by atoms with Crippen molar-refractivity contribution in [3.8, 4) is 0 Å². The van der Waals surface area contributed by atoms with E-state index in [1.54, 1.807) is 0 Å². The molecule has 2 heterocycles. The molecule has 2 saturated heterocycles. The van der Waals surface area contributed by atoms with Crippen molar-refractivity contribution < 1.29 is 24.2 Å². The van der Waals surface area contributed by atoms with E-state index in [4.69, 9.17) is 9.47 Å². The lowest BCUT2D eigenvalue weighted by molar-refractivity contribution is -0.151. The highest BCUT2D eigenvalue weighted by molar-refractivity contribution is 6.19. The monoisotopic (exact) mass is 366 g/mol. The molecular formula is C21H34O5. The van der Waals surface area contributed by atoms with Gasteiger partial charge in [-0.25, -0.2) is 4.79 Å². The SMILES string of the molecule is CCCCCCCCCC1CC(=O)C(=C(O)CC2CCOCC2)C(=O)O1. The lowest BCUT2D eigenvalue weighted by Gasteiger charge is -2.25. The number of Topliss-reactive ketones (excluding diaryl/α,β-unsaturated/α-hetero) is 1. The highest BCUT2D eigenvalue weighted by Gasteiger charge is 2.35. The number of carbonyl (C=O) groups is 2. The van der Waals surface area contributed by atoms with Crippen LogP contribution in [0.3, 0.4) is 0 Å². The standard InChI is InChI=1S/C21H34O5/c1-2-3-4-5-6-7-8-9-17-15-19(23)20(21(24)26-17)18(22)14-16-10-12-25-13-11-16/h16-17,22H,2-15H2,1H3. The first-order valence-corrected chi connectivity index (χ1v) is 10.4. The second kappa shape index (κ2) is 11.4. The summed E-state index contributed by atoms with van der Waals surface area (Å²) in [5.41, 5.74) is -0.118. The molecule has 0 radical (unpaired) electrons. The Morgan fingerprint density at radius 2 is 1.69 bits per heavy atom. The van der Waals surface area contributed by atoms with E-state index in [9.17, 15) is 14.7 Å². The van der Waals surface area contributed by atoms with Crippen molar-refractivity contribution in [2.24, 2.45) is 5.92 Å². The van der Waals surface area contributed by atoms with Gasteiger partial charge in [-0.05, 0) is 31.6 Å². The molecule has 0 aliphatic carbocycles. The van der Waals surface area contributed by atoms with Gasteiger partial charge in [0.15, 0.2) is 5.78 Å². The minimum absolute atomic E-state index is 0.0960. The van der Waals surface area contributed by atoms with Crippen molar-refractivity contribution in [1.29, 1.82) is 0 Å². The number of rotatable bonds is 10. The Labute approximate surface area is 157 Å². The van der Waals surface area contributed by atoms with Crippen molar-refractivity contribution >= 4 is 11.8 Å². The van der Waals surface area contributed by atoms with Gasteiger partial charge in [-0.1, -0.05) is 45.4 Å². The minimum atomic E-state index is -0.640. The van der Waals surface area contributed by atoms with Crippen LogP contribution in [-0.2, 0) is 19.1 Å². The van der Waals surface area contributed by atoms with E-state index in [2.05, 4.69) is 6.92 Å². The van der Waals surface area contributed by atoms with Gasteiger partial charge >= 0.3 is 5.97 Å². The van der Waals surface area contributed by atoms with Crippen LogP contribution < -0.4 is 0 Å². The summed E-state index contributed by atoms with van der Waals surface area (Å²) >= 11 is 0. The summed E-state index contributed by atoms with van der Waals surface area (Å²) in [6.45, 7) is 3.55. The molecule has 2 aliphatic rings. The fraction of sp³-hybridized carbons (Fsp3) is 0.810. The molecule has 148 valence electrons. The fourth-order valence-corrected chi connectivity index (χ4v) is 3.77. The van der Waals surface area contributed by atoms with Crippen LogP contribution in [0.4, 0.5) is 0 Å². The summed E-state index contributed by atoms with van der Waals surface area (Å²) in [5, 5.41) is 10.3. The summed E-state index contributed by atoms with van der Waals surface area (Å²) in [4.78, 5) is 24.6. The van der Waals surface area contributed by atoms with Crippen molar-refractivity contribution in [1.82, 2.24) is 0 Å². The maximum atomic E-state index is 12.4. The Morgan fingerprint density at radius 1 is 1.04 bits per heavy atom. The van der Waals surface area contributed by atoms with Gasteiger partial charge in [0.25, 0.3) is 0 Å². The van der Waals surface area contributed by atoms with Crippen LogP contribution in [0.1, 0.15) is 84.0 Å². The third kappa shape index (κ3) is 6.75. The molecule has 5 nitrogen and oxygen atoms in total. The number of hydrogen-bond acceptors (Lipinski definition) is 5. The molecular weight excluding hydrogens is 332 g/mol. The molecule has 1 unspecified atom stereocenters. The first-order chi connectivity index (χ1) is 12.6. The number of ketones is 1. The second-order valence-electron chi connectivity index (χ2n) is 7.65. The van der Waals surface area contributed by atoms with Crippen molar-refractivity contribution in [3.63, 3.8) is 0 Å². The van der Waals surface area contributed by atoms with Gasteiger partial charge in [-0.2, -0.15) is 0 Å². The summed E-state index contributed by atoms with van der Waals surface area (Å²) in [5.74, 6) is -0.735. The number of cyclic esters (lactones) is 1. The predicted molar refractivity (Wildman–Crippen MR) is 99.9 cm³/mol. The Morgan fingerprint density at radius 3 is 2.35 bits per heavy atom. The molecule has 1 atom stereocenters. The van der Waals surface area contributed by atoms with Gasteiger partial charge in [0.1, 0.15) is 17.4 Å². The molecule has 0 aromatic rings. The number of allylic oxidation sites excluding steroid dienone is 1. The molecule has 0 aromatic heterocycles. The zero-order valence-corrected chi connectivity index (χ0v) is 16.1. The Bertz CT molecular complexity index is 471. The first kappa shape index (κ1) is 20.9. The van der Waals surface area contributed by atoms with Gasteiger partial charge in [-0.3, -0.25) is 4.79 Å². The van der Waals surface area contributed by atoms with Crippen LogP contribution in [0.5, 0.6) is 0 Å². The van der Waals surface area contributed by atoms with E-state index in [1.807, 2.05) is 0 Å². The van der Waals surface area contributed by atoms with Gasteiger partial charge in [0, 0.05) is 26.1 Å². The number of carbonyl (C=O) groups excluding carboxylic acids is 2. The third-order valence-electron chi connectivity index (χ3n) is 5.41. The zero-order valence-electron chi connectivity index (χ0n) is 16.1. The molecule has 5 heteroatoms. The quantitative estimate of drug-likeness (QED) is 0.200. The smallest absolute Gasteiger partial charge is 0.345 e. The van der Waals surface area contributed by atoms with Crippen LogP contribution in [-0.4, -0.2) is 36.2 Å². The molecule has 26 heavy (non-hydrogen) atoms. The van der Waals surface area contributed by atoms with Crippen molar-refractivity contribution in [2.75, 3.05) is 13.2 Å². The number of unbranched alkanes of at least 4 members (excludes halogenated alkanes) is 6. The van der Waals surface area contributed by atoms with Crippen molar-refractivity contribution in [3.05, 3.63) is 11.3 Å². The molecule has 0 spiro atoms. The van der Waals surface area contributed by atoms with Crippen LogP contribution >= 0.6 is 0 Å². The molecule has 0 bridgehead atoms. The number of aliphatic hydroxyl groups is 1. The van der Waals surface area contributed by atoms with Gasteiger partial charge < -0.3 is 14.6 Å². The van der Waals surface area contributed by atoms with Crippen LogP contribution in [0.25, 0.3) is 0 Å². The number of ether oxygens (including phenoxy) is 2. The average Bonchev–Trinajstić information content (AvgIpc) is 2.61. The molecule has 2 rings (SSSR count). The van der Waals surface area contributed by atoms with E-state index in [-0.39, 0.29) is 35.6 Å². The number of esters is 1. The first-order valence-electron chi connectivity index (χ1n) is 10.4. The van der Waals surface area contributed by atoms with Crippen molar-refractivity contribution in [2.45, 2.75) is 90.1 Å². The van der Waals surface area contributed by atoms with Crippen LogP contribution in [0, 0.1) is 5.92 Å². The molecule has 0 amide bonds. The highest BCUT2D eigenvalue weighted by Crippen LogP contribution is 2.28. The fourth-order valence-electron chi connectivity index (χ4n) is 3.77. The van der Waals surface area contributed by atoms with Gasteiger partial charge in [0.05, 0.1) is 0 Å². The zero-order chi connectivity index (χ0) is 18.8. The second-order valence-corrected chi connectivity index (χ2v) is 7.65. The summed E-state index contributed by atoms with van der Waals surface area (Å²) in [6, 6.07) is 0. The Kier molecular flexibility index (Phi) is 9.16. The highest BCUT2D eigenvalue weighted by atomic mass is 16.5. The topological polar surface area (TPSA) is 72.8 Å². The van der Waals surface area contributed by atoms with Crippen LogP contribution in [0.15, 0.2) is 11.3 Å². The molecule has 2 aliphatic heterocycles. The Balaban J connectivity index is 1.74. The van der Waals surface area contributed by atoms with Crippen LogP contribution in [0.2, 0.25) is 0 Å². The predicted octanol–water partition coefficient (Wildman–Crippen LogP) is 4.64. The van der Waals surface area contributed by atoms with Gasteiger partial charge in [0.2, 0.25) is 0 Å². The summed E-state index contributed by atoms with van der Waals surface area (Å²) in [6.07, 6.45) is 11.0. The van der Waals surface area contributed by atoms with E-state index in [0.29, 0.717) is 19.6 Å². The number of hydrogen-bond donors (Lipinski definition) is 1. The largest absolute Gasteiger partial charge is 0.511 e. The summed E-state index contributed by atoms with van der Waals surface area (Å²) in [7, 11) is 0. The minimum Gasteiger partial charge on any atom is -0.511 e.